The van der Waals surface area contributed by atoms with Gasteiger partial charge in [0.25, 0.3) is 0 Å². The molecule has 1 amide bonds. The van der Waals surface area contributed by atoms with Crippen LogP contribution in [0.25, 0.3) is 0 Å². The Morgan fingerprint density at radius 2 is 1.94 bits per heavy atom. The zero-order valence-electron chi connectivity index (χ0n) is 18.2. The van der Waals surface area contributed by atoms with Crippen molar-refractivity contribution in [2.24, 2.45) is 5.92 Å². The standard InChI is InChI=1S/C24H27F4NO3/c1-4-20-16(12-17-13-21(25)23(17,31)24(26,27)28)10-11-19(14-29(20)22(30)15(2)3)32-18-8-6-5-7-9-18/h4-9,12-13,15,19,21,31H,10-11,14H2,1-3H3/b16-12-,20-4+/t19-,21+,23?/m0/s1. The van der Waals surface area contributed by atoms with E-state index in [2.05, 4.69) is 0 Å². The molecule has 1 saturated heterocycles. The molecule has 1 unspecified atom stereocenters. The Morgan fingerprint density at radius 3 is 2.47 bits per heavy atom. The lowest BCUT2D eigenvalue weighted by molar-refractivity contribution is -0.265. The highest BCUT2D eigenvalue weighted by Gasteiger charge is 2.65. The predicted octanol–water partition coefficient (Wildman–Crippen LogP) is 5.11. The zero-order chi connectivity index (χ0) is 23.7. The van der Waals surface area contributed by atoms with Crippen LogP contribution in [0.3, 0.4) is 0 Å². The van der Waals surface area contributed by atoms with E-state index in [1.807, 2.05) is 18.2 Å². The maximum Gasteiger partial charge on any atom is 0.424 e. The number of carbonyl (C=O) groups excluding carboxylic acids is 1. The summed E-state index contributed by atoms with van der Waals surface area (Å²) in [5.74, 6) is 0.0637. The van der Waals surface area contributed by atoms with Crippen LogP contribution in [0.2, 0.25) is 0 Å². The van der Waals surface area contributed by atoms with Crippen molar-refractivity contribution in [1.82, 2.24) is 4.90 Å². The third kappa shape index (κ3) is 4.46. The van der Waals surface area contributed by atoms with Gasteiger partial charge in [-0.2, -0.15) is 13.2 Å². The van der Waals surface area contributed by atoms with E-state index in [9.17, 15) is 27.5 Å². The van der Waals surface area contributed by atoms with Gasteiger partial charge >= 0.3 is 6.18 Å². The van der Waals surface area contributed by atoms with E-state index >= 15 is 0 Å². The summed E-state index contributed by atoms with van der Waals surface area (Å²) in [5.41, 5.74) is -3.24. The number of likely N-dealkylation sites (tertiary alicyclic amines) is 1. The first kappa shape index (κ1) is 24.0. The molecule has 8 heteroatoms. The number of hydrogen-bond donors (Lipinski definition) is 1. The molecule has 0 radical (unpaired) electrons. The summed E-state index contributed by atoms with van der Waals surface area (Å²) in [6.45, 7) is 5.38. The van der Waals surface area contributed by atoms with Crippen LogP contribution in [-0.4, -0.2) is 46.5 Å². The molecule has 0 spiro atoms. The Morgan fingerprint density at radius 1 is 1.28 bits per heavy atom. The first-order valence-corrected chi connectivity index (χ1v) is 10.5. The molecule has 1 aliphatic carbocycles. The average molecular weight is 453 g/mol. The summed E-state index contributed by atoms with van der Waals surface area (Å²) in [5, 5.41) is 10.0. The molecule has 1 aliphatic heterocycles. The van der Waals surface area contributed by atoms with Crippen molar-refractivity contribution in [3.8, 4) is 5.75 Å². The SMILES string of the molecule is C/C=C1\C(=C/C2=C[C@@H](F)C2(O)C(F)(F)F)CC[C@H](Oc2ccccc2)CN1C(=O)C(C)C. The molecule has 1 fully saturated rings. The lowest BCUT2D eigenvalue weighted by atomic mass is 9.76. The van der Waals surface area contributed by atoms with Crippen LogP contribution in [0.4, 0.5) is 17.6 Å². The van der Waals surface area contributed by atoms with Gasteiger partial charge in [-0.1, -0.05) is 44.2 Å². The van der Waals surface area contributed by atoms with Gasteiger partial charge in [0.05, 0.1) is 6.54 Å². The Hall–Kier alpha value is -2.61. The molecular formula is C24H27F4NO3. The molecule has 32 heavy (non-hydrogen) atoms. The number of nitrogens with zero attached hydrogens (tertiary/aromatic N) is 1. The van der Waals surface area contributed by atoms with E-state index in [-0.39, 0.29) is 18.4 Å². The quantitative estimate of drug-likeness (QED) is 0.645. The predicted molar refractivity (Wildman–Crippen MR) is 112 cm³/mol. The maximum absolute atomic E-state index is 13.8. The first-order valence-electron chi connectivity index (χ1n) is 10.5. The number of para-hydroxylation sites is 1. The fourth-order valence-electron chi connectivity index (χ4n) is 3.94. The lowest BCUT2D eigenvalue weighted by Gasteiger charge is -2.40. The van der Waals surface area contributed by atoms with E-state index in [0.29, 0.717) is 29.9 Å². The third-order valence-electron chi connectivity index (χ3n) is 5.75. The van der Waals surface area contributed by atoms with E-state index in [1.165, 1.54) is 4.90 Å². The number of alkyl halides is 4. The number of hydrogen-bond acceptors (Lipinski definition) is 3. The summed E-state index contributed by atoms with van der Waals surface area (Å²) < 4.78 is 59.9. The number of amides is 1. The average Bonchev–Trinajstić information content (AvgIpc) is 2.91. The highest BCUT2D eigenvalue weighted by Crippen LogP contribution is 2.48. The normalized spacial score (nSPS) is 29.0. The number of allylic oxidation sites excluding steroid dienone is 2. The van der Waals surface area contributed by atoms with Gasteiger partial charge in [-0.05, 0) is 49.1 Å². The molecule has 2 aliphatic rings. The second kappa shape index (κ2) is 9.10. The van der Waals surface area contributed by atoms with Gasteiger partial charge in [-0.15, -0.1) is 0 Å². The largest absolute Gasteiger partial charge is 0.489 e. The Labute approximate surface area is 184 Å². The van der Waals surface area contributed by atoms with Crippen molar-refractivity contribution in [2.45, 2.75) is 57.7 Å². The van der Waals surface area contributed by atoms with E-state index in [4.69, 9.17) is 4.74 Å². The highest BCUT2D eigenvalue weighted by atomic mass is 19.4. The highest BCUT2D eigenvalue weighted by molar-refractivity contribution is 5.81. The maximum atomic E-state index is 13.8. The molecule has 174 valence electrons. The smallest absolute Gasteiger partial charge is 0.424 e. The fraction of sp³-hybridized carbons (Fsp3) is 0.458. The van der Waals surface area contributed by atoms with Gasteiger partial charge in [-0.25, -0.2) is 4.39 Å². The molecule has 0 aromatic heterocycles. The van der Waals surface area contributed by atoms with Gasteiger partial charge in [0, 0.05) is 11.6 Å². The number of benzene rings is 1. The number of carbonyl (C=O) groups is 1. The molecule has 3 rings (SSSR count). The van der Waals surface area contributed by atoms with Crippen LogP contribution in [-0.2, 0) is 4.79 Å². The minimum Gasteiger partial charge on any atom is -0.489 e. The molecule has 1 heterocycles. The lowest BCUT2D eigenvalue weighted by Crippen LogP contribution is -2.58. The van der Waals surface area contributed by atoms with Crippen LogP contribution in [0, 0.1) is 5.92 Å². The monoisotopic (exact) mass is 453 g/mol. The van der Waals surface area contributed by atoms with Gasteiger partial charge in [-0.3, -0.25) is 4.79 Å². The summed E-state index contributed by atoms with van der Waals surface area (Å²) in [6.07, 6.45) is -3.80. The second-order valence-electron chi connectivity index (χ2n) is 8.33. The number of aliphatic hydroxyl groups is 1. The van der Waals surface area contributed by atoms with Crippen molar-refractivity contribution >= 4 is 5.91 Å². The molecule has 0 bridgehead atoms. The van der Waals surface area contributed by atoms with Gasteiger partial charge < -0.3 is 14.7 Å². The number of ether oxygens (including phenoxy) is 1. The topological polar surface area (TPSA) is 49.8 Å². The first-order chi connectivity index (χ1) is 15.0. The summed E-state index contributed by atoms with van der Waals surface area (Å²) in [7, 11) is 0. The van der Waals surface area contributed by atoms with Crippen molar-refractivity contribution < 1.29 is 32.2 Å². The number of halogens is 4. The van der Waals surface area contributed by atoms with E-state index in [1.54, 1.807) is 39.0 Å². The third-order valence-corrected chi connectivity index (χ3v) is 5.75. The van der Waals surface area contributed by atoms with Gasteiger partial charge in [0.2, 0.25) is 11.5 Å². The summed E-state index contributed by atoms with van der Waals surface area (Å²) in [6, 6.07) is 9.06. The summed E-state index contributed by atoms with van der Waals surface area (Å²) >= 11 is 0. The molecule has 1 N–H and O–H groups in total. The van der Waals surface area contributed by atoms with Crippen molar-refractivity contribution in [3.05, 3.63) is 65.4 Å². The van der Waals surface area contributed by atoms with Crippen LogP contribution < -0.4 is 4.74 Å². The Bertz CT molecular complexity index is 936. The van der Waals surface area contributed by atoms with E-state index in [0.717, 1.165) is 12.2 Å². The summed E-state index contributed by atoms with van der Waals surface area (Å²) in [4.78, 5) is 14.5. The Kier molecular flexibility index (Phi) is 6.83. The Balaban J connectivity index is 1.97. The van der Waals surface area contributed by atoms with Gasteiger partial charge in [0.15, 0.2) is 6.17 Å². The number of rotatable bonds is 4. The van der Waals surface area contributed by atoms with Crippen LogP contribution >= 0.6 is 0 Å². The van der Waals surface area contributed by atoms with Crippen molar-refractivity contribution in [2.75, 3.05) is 6.54 Å². The fourth-order valence-corrected chi connectivity index (χ4v) is 3.94. The molecule has 4 nitrogen and oxygen atoms in total. The molecular weight excluding hydrogens is 426 g/mol. The molecule has 3 atom stereocenters. The van der Waals surface area contributed by atoms with E-state index < -0.39 is 29.6 Å². The second-order valence-corrected chi connectivity index (χ2v) is 8.33. The van der Waals surface area contributed by atoms with Crippen LogP contribution in [0.1, 0.15) is 33.6 Å². The minimum absolute atomic E-state index is 0.204. The van der Waals surface area contributed by atoms with Crippen molar-refractivity contribution in [3.63, 3.8) is 0 Å². The van der Waals surface area contributed by atoms with Gasteiger partial charge in [0.1, 0.15) is 11.9 Å². The zero-order valence-corrected chi connectivity index (χ0v) is 18.2. The minimum atomic E-state index is -5.15. The molecule has 0 saturated carbocycles. The van der Waals surface area contributed by atoms with Crippen molar-refractivity contribution in [1.29, 1.82) is 0 Å². The molecule has 1 aromatic rings. The molecule has 1 aromatic carbocycles. The van der Waals surface area contributed by atoms with Crippen LogP contribution in [0.5, 0.6) is 5.75 Å². The van der Waals surface area contributed by atoms with Crippen LogP contribution in [0.15, 0.2) is 65.4 Å².